The van der Waals surface area contributed by atoms with Gasteiger partial charge in [0.25, 0.3) is 0 Å². The summed E-state index contributed by atoms with van der Waals surface area (Å²) in [7, 11) is 0. The first-order valence-corrected chi connectivity index (χ1v) is 11.2. The molecule has 0 atom stereocenters. The van der Waals surface area contributed by atoms with Crippen LogP contribution < -0.4 is 10.2 Å². The van der Waals surface area contributed by atoms with Crippen LogP contribution in [-0.2, 0) is 16.1 Å². The summed E-state index contributed by atoms with van der Waals surface area (Å²) in [6, 6.07) is 14.7. The first-order chi connectivity index (χ1) is 14.8. The van der Waals surface area contributed by atoms with Crippen LogP contribution in [0.1, 0.15) is 20.8 Å². The summed E-state index contributed by atoms with van der Waals surface area (Å²) in [4.78, 5) is 27.4. The van der Waals surface area contributed by atoms with E-state index in [4.69, 9.17) is 11.6 Å². The van der Waals surface area contributed by atoms with Crippen molar-refractivity contribution in [2.45, 2.75) is 38.0 Å². The molecular formula is C22H22ClN5O2S. The number of carbonyl (C=O) groups excluding carboxylic acids is 2. The number of para-hydroxylation sites is 2. The molecule has 7 nitrogen and oxygen atoms in total. The molecule has 0 saturated carbocycles. The predicted octanol–water partition coefficient (Wildman–Crippen LogP) is 4.47. The zero-order valence-corrected chi connectivity index (χ0v) is 19.0. The lowest BCUT2D eigenvalue weighted by Crippen LogP contribution is -2.59. The first-order valence-electron chi connectivity index (χ1n) is 9.88. The van der Waals surface area contributed by atoms with E-state index in [0.29, 0.717) is 28.1 Å². The highest BCUT2D eigenvalue weighted by molar-refractivity contribution is 7.99. The summed E-state index contributed by atoms with van der Waals surface area (Å²) in [5, 5.41) is 12.8. The molecule has 2 heterocycles. The number of nitrogens with one attached hydrogen (secondary N) is 1. The smallest absolute Gasteiger partial charge is 0.250 e. The van der Waals surface area contributed by atoms with E-state index in [0.717, 1.165) is 11.4 Å². The summed E-state index contributed by atoms with van der Waals surface area (Å²) >= 11 is 7.30. The third-order valence-corrected chi connectivity index (χ3v) is 6.42. The second-order valence-electron chi connectivity index (χ2n) is 7.61. The summed E-state index contributed by atoms with van der Waals surface area (Å²) in [6.07, 6.45) is 0. The number of amides is 2. The molecule has 0 saturated heterocycles. The van der Waals surface area contributed by atoms with Crippen LogP contribution in [-0.4, -0.2) is 37.9 Å². The minimum absolute atomic E-state index is 0.129. The van der Waals surface area contributed by atoms with Gasteiger partial charge in [-0.25, -0.2) is 0 Å². The van der Waals surface area contributed by atoms with Crippen molar-refractivity contribution in [1.29, 1.82) is 0 Å². The predicted molar refractivity (Wildman–Crippen MR) is 124 cm³/mol. The number of hydrogen-bond acceptors (Lipinski definition) is 5. The topological polar surface area (TPSA) is 80.1 Å². The Balaban J connectivity index is 1.58. The van der Waals surface area contributed by atoms with E-state index in [2.05, 4.69) is 15.5 Å². The Labute approximate surface area is 189 Å². The Morgan fingerprint density at radius 2 is 1.84 bits per heavy atom. The molecule has 160 valence electrons. The van der Waals surface area contributed by atoms with E-state index in [1.807, 2.05) is 54.0 Å². The van der Waals surface area contributed by atoms with Gasteiger partial charge in [0.05, 0.1) is 17.1 Å². The maximum absolute atomic E-state index is 13.3. The molecule has 0 radical (unpaired) electrons. The summed E-state index contributed by atoms with van der Waals surface area (Å²) in [6.45, 7) is 6.15. The average Bonchev–Trinajstić information content (AvgIpc) is 3.16. The molecule has 9 heteroatoms. The molecule has 4 rings (SSSR count). The van der Waals surface area contributed by atoms with Crippen molar-refractivity contribution >= 4 is 46.6 Å². The van der Waals surface area contributed by atoms with Gasteiger partial charge < -0.3 is 9.88 Å². The Bertz CT molecular complexity index is 1140. The second kappa shape index (κ2) is 8.36. The minimum atomic E-state index is -1.00. The van der Waals surface area contributed by atoms with Crippen LogP contribution in [0.5, 0.6) is 0 Å². The zero-order valence-electron chi connectivity index (χ0n) is 17.4. The SMILES string of the molecule is CCn1c(SCC(=O)N2c3ccccc3NC(=O)C2(C)C)nnc1-c1ccc(Cl)cc1. The van der Waals surface area contributed by atoms with Gasteiger partial charge >= 0.3 is 0 Å². The highest BCUT2D eigenvalue weighted by atomic mass is 35.5. The molecular weight excluding hydrogens is 434 g/mol. The molecule has 3 aromatic rings. The van der Waals surface area contributed by atoms with Gasteiger partial charge in [-0.3, -0.25) is 14.5 Å². The largest absolute Gasteiger partial charge is 0.322 e. The van der Waals surface area contributed by atoms with Gasteiger partial charge in [0, 0.05) is 17.1 Å². The first kappa shape index (κ1) is 21.4. The van der Waals surface area contributed by atoms with E-state index in [9.17, 15) is 9.59 Å². The molecule has 1 N–H and O–H groups in total. The average molecular weight is 456 g/mol. The van der Waals surface area contributed by atoms with E-state index >= 15 is 0 Å². The van der Waals surface area contributed by atoms with Gasteiger partial charge in [-0.2, -0.15) is 0 Å². The maximum Gasteiger partial charge on any atom is 0.250 e. The van der Waals surface area contributed by atoms with Crippen LogP contribution in [0.4, 0.5) is 11.4 Å². The summed E-state index contributed by atoms with van der Waals surface area (Å²) < 4.78 is 1.96. The Morgan fingerprint density at radius 1 is 1.13 bits per heavy atom. The zero-order chi connectivity index (χ0) is 22.2. The van der Waals surface area contributed by atoms with Crippen LogP contribution in [0, 0.1) is 0 Å². The Morgan fingerprint density at radius 3 is 2.55 bits per heavy atom. The van der Waals surface area contributed by atoms with Gasteiger partial charge in [-0.05, 0) is 57.2 Å². The molecule has 0 spiro atoms. The van der Waals surface area contributed by atoms with Crippen LogP contribution in [0.2, 0.25) is 5.02 Å². The Kier molecular flexibility index (Phi) is 5.77. The van der Waals surface area contributed by atoms with Crippen LogP contribution in [0.15, 0.2) is 53.7 Å². The maximum atomic E-state index is 13.3. The molecule has 0 bridgehead atoms. The lowest BCUT2D eigenvalue weighted by molar-refractivity contribution is -0.125. The van der Waals surface area contributed by atoms with Gasteiger partial charge in [0.1, 0.15) is 5.54 Å². The minimum Gasteiger partial charge on any atom is -0.322 e. The molecule has 1 aliphatic rings. The highest BCUT2D eigenvalue weighted by Crippen LogP contribution is 2.37. The summed E-state index contributed by atoms with van der Waals surface area (Å²) in [5.74, 6) is 0.462. The van der Waals surface area contributed by atoms with Crippen molar-refractivity contribution in [3.63, 3.8) is 0 Å². The summed E-state index contributed by atoms with van der Waals surface area (Å²) in [5.41, 5.74) is 1.22. The highest BCUT2D eigenvalue weighted by Gasteiger charge is 2.43. The van der Waals surface area contributed by atoms with Crippen molar-refractivity contribution in [2.75, 3.05) is 16.0 Å². The van der Waals surface area contributed by atoms with Crippen molar-refractivity contribution in [3.8, 4) is 11.4 Å². The monoisotopic (exact) mass is 455 g/mol. The number of thioether (sulfide) groups is 1. The number of rotatable bonds is 5. The number of nitrogens with zero attached hydrogens (tertiary/aromatic N) is 4. The van der Waals surface area contributed by atoms with Crippen molar-refractivity contribution < 1.29 is 9.59 Å². The fourth-order valence-corrected chi connectivity index (χ4v) is 4.56. The van der Waals surface area contributed by atoms with E-state index in [1.165, 1.54) is 11.8 Å². The normalized spacial score (nSPS) is 14.8. The number of halogens is 1. The fraction of sp³-hybridized carbons (Fsp3) is 0.273. The molecule has 0 aliphatic carbocycles. The quantitative estimate of drug-likeness (QED) is 0.574. The van der Waals surface area contributed by atoms with Crippen molar-refractivity contribution in [3.05, 3.63) is 53.6 Å². The Hall–Kier alpha value is -2.84. The lowest BCUT2D eigenvalue weighted by Gasteiger charge is -2.42. The molecule has 2 aromatic carbocycles. The third kappa shape index (κ3) is 3.93. The van der Waals surface area contributed by atoms with Crippen LogP contribution in [0.3, 0.4) is 0 Å². The number of anilines is 2. The number of aromatic nitrogens is 3. The molecule has 0 unspecified atom stereocenters. The fourth-order valence-electron chi connectivity index (χ4n) is 3.58. The van der Waals surface area contributed by atoms with Gasteiger partial charge in [0.2, 0.25) is 11.8 Å². The molecule has 2 amide bonds. The second-order valence-corrected chi connectivity index (χ2v) is 8.98. The number of carbonyl (C=O) groups is 2. The van der Waals surface area contributed by atoms with Gasteiger partial charge in [0.15, 0.2) is 11.0 Å². The number of hydrogen-bond donors (Lipinski definition) is 1. The van der Waals surface area contributed by atoms with E-state index in [1.54, 1.807) is 24.8 Å². The van der Waals surface area contributed by atoms with Gasteiger partial charge in [-0.1, -0.05) is 35.5 Å². The number of fused-ring (bicyclic) bond motifs is 1. The molecule has 31 heavy (non-hydrogen) atoms. The number of benzene rings is 2. The van der Waals surface area contributed by atoms with Gasteiger partial charge in [-0.15, -0.1) is 10.2 Å². The standard InChI is InChI=1S/C22H22ClN5O2S/c1-4-27-19(14-9-11-15(23)12-10-14)25-26-21(27)31-13-18(29)28-17-8-6-5-7-16(17)24-20(30)22(28,2)3/h5-12H,4,13H2,1-3H3,(H,24,30). The molecule has 1 aliphatic heterocycles. The third-order valence-electron chi connectivity index (χ3n) is 5.22. The van der Waals surface area contributed by atoms with Crippen molar-refractivity contribution in [2.24, 2.45) is 0 Å². The molecule has 0 fully saturated rings. The van der Waals surface area contributed by atoms with E-state index < -0.39 is 5.54 Å². The van der Waals surface area contributed by atoms with Crippen molar-refractivity contribution in [1.82, 2.24) is 14.8 Å². The van der Waals surface area contributed by atoms with Crippen LogP contribution in [0.25, 0.3) is 11.4 Å². The lowest BCUT2D eigenvalue weighted by atomic mass is 9.96. The van der Waals surface area contributed by atoms with E-state index in [-0.39, 0.29) is 17.6 Å². The molecule has 1 aromatic heterocycles. The van der Waals surface area contributed by atoms with Crippen LogP contribution >= 0.6 is 23.4 Å².